The first-order chi connectivity index (χ1) is 10.1. The summed E-state index contributed by atoms with van der Waals surface area (Å²) in [4.78, 5) is 44.1. The molecule has 2 aromatic heterocycles. The molecule has 0 atom stereocenters. The van der Waals surface area contributed by atoms with Gasteiger partial charge in [0.05, 0.1) is 23.7 Å². The molecule has 2 aromatic rings. The van der Waals surface area contributed by atoms with Gasteiger partial charge in [0.1, 0.15) is 0 Å². The molecule has 118 valence electrons. The average Bonchev–Trinajstić information content (AvgIpc) is 2.35. The predicted molar refractivity (Wildman–Crippen MR) is 79.0 cm³/mol. The van der Waals surface area contributed by atoms with Crippen LogP contribution < -0.4 is 0 Å². The quantitative estimate of drug-likeness (QED) is 0.598. The minimum atomic E-state index is -4.19. The molecule has 4 N–H and O–H groups in total. The van der Waals surface area contributed by atoms with Crippen LogP contribution in [0.2, 0.25) is 0 Å². The van der Waals surface area contributed by atoms with E-state index in [-0.39, 0.29) is 0 Å². The number of aromatic nitrogens is 2. The van der Waals surface area contributed by atoms with Crippen LogP contribution in [0, 0.1) is 0 Å². The third-order valence-electron chi connectivity index (χ3n) is 2.69. The SMILES string of the molecule is O=P(O)(O)Cc1ccnc(-c2cc(CP(=O)(O)O)ccn2)c1. The lowest BCUT2D eigenvalue weighted by molar-refractivity contribution is 0.369. The zero-order chi connectivity index (χ0) is 16.4. The molecule has 0 saturated carbocycles. The van der Waals surface area contributed by atoms with Crippen LogP contribution in [-0.4, -0.2) is 29.5 Å². The van der Waals surface area contributed by atoms with Crippen LogP contribution >= 0.6 is 15.2 Å². The molecule has 0 spiro atoms. The second-order valence-corrected chi connectivity index (χ2v) is 8.04. The van der Waals surface area contributed by atoms with Gasteiger partial charge in [0.15, 0.2) is 0 Å². The molecule has 0 saturated heterocycles. The Labute approximate surface area is 126 Å². The second-order valence-electron chi connectivity index (χ2n) is 4.74. The van der Waals surface area contributed by atoms with Crippen molar-refractivity contribution in [1.82, 2.24) is 9.97 Å². The molecule has 10 heteroatoms. The van der Waals surface area contributed by atoms with Crippen molar-refractivity contribution >= 4 is 15.2 Å². The van der Waals surface area contributed by atoms with E-state index in [0.717, 1.165) is 0 Å². The summed E-state index contributed by atoms with van der Waals surface area (Å²) in [5.74, 6) is 0. The first kappa shape index (κ1) is 17.0. The van der Waals surface area contributed by atoms with Crippen LogP contribution in [0.3, 0.4) is 0 Å². The van der Waals surface area contributed by atoms with E-state index in [1.54, 1.807) is 0 Å². The Balaban J connectivity index is 2.32. The minimum Gasteiger partial charge on any atom is -0.324 e. The van der Waals surface area contributed by atoms with Crippen LogP contribution in [0.1, 0.15) is 11.1 Å². The zero-order valence-corrected chi connectivity index (χ0v) is 13.1. The number of nitrogens with zero attached hydrogens (tertiary/aromatic N) is 2. The van der Waals surface area contributed by atoms with Gasteiger partial charge in [0, 0.05) is 12.4 Å². The van der Waals surface area contributed by atoms with Crippen molar-refractivity contribution in [2.45, 2.75) is 12.3 Å². The highest BCUT2D eigenvalue weighted by Gasteiger charge is 2.16. The summed E-state index contributed by atoms with van der Waals surface area (Å²) in [5.41, 5.74) is 1.55. The third-order valence-corrected chi connectivity index (χ3v) is 4.24. The lowest BCUT2D eigenvalue weighted by atomic mass is 10.1. The van der Waals surface area contributed by atoms with E-state index in [1.807, 2.05) is 0 Å². The molecule has 0 aliphatic heterocycles. The van der Waals surface area contributed by atoms with E-state index >= 15 is 0 Å². The van der Waals surface area contributed by atoms with Crippen LogP contribution in [0.5, 0.6) is 0 Å². The van der Waals surface area contributed by atoms with Crippen molar-refractivity contribution in [2.75, 3.05) is 0 Å². The van der Waals surface area contributed by atoms with Crippen molar-refractivity contribution in [2.24, 2.45) is 0 Å². The normalized spacial score (nSPS) is 12.4. The average molecular weight is 344 g/mol. The Bertz CT molecular complexity index is 704. The largest absolute Gasteiger partial charge is 0.329 e. The van der Waals surface area contributed by atoms with Crippen molar-refractivity contribution in [3.8, 4) is 11.4 Å². The van der Waals surface area contributed by atoms with Gasteiger partial charge >= 0.3 is 15.2 Å². The molecule has 8 nitrogen and oxygen atoms in total. The lowest BCUT2D eigenvalue weighted by Gasteiger charge is -2.08. The fraction of sp³-hybridized carbons (Fsp3) is 0.167. The fourth-order valence-electron chi connectivity index (χ4n) is 1.90. The first-order valence-electron chi connectivity index (χ1n) is 6.12. The second kappa shape index (κ2) is 6.38. The summed E-state index contributed by atoms with van der Waals surface area (Å²) in [7, 11) is -8.38. The molecular weight excluding hydrogens is 330 g/mol. The molecule has 0 bridgehead atoms. The molecular formula is C12H14N2O6P2. The maximum absolute atomic E-state index is 11.0. The number of pyridine rings is 2. The summed E-state index contributed by atoms with van der Waals surface area (Å²) in [6.45, 7) is 0. The lowest BCUT2D eigenvalue weighted by Crippen LogP contribution is -1.94. The molecule has 0 aromatic carbocycles. The monoisotopic (exact) mass is 344 g/mol. The zero-order valence-electron chi connectivity index (χ0n) is 11.3. The van der Waals surface area contributed by atoms with Gasteiger partial charge < -0.3 is 19.6 Å². The third kappa shape index (κ3) is 5.42. The van der Waals surface area contributed by atoms with E-state index in [9.17, 15) is 9.13 Å². The molecule has 0 radical (unpaired) electrons. The van der Waals surface area contributed by atoms with Crippen molar-refractivity contribution in [1.29, 1.82) is 0 Å². The molecule has 2 rings (SSSR count). The van der Waals surface area contributed by atoms with E-state index < -0.39 is 27.5 Å². The first-order valence-corrected chi connectivity index (χ1v) is 9.71. The number of rotatable bonds is 5. The summed E-state index contributed by atoms with van der Waals surface area (Å²) < 4.78 is 22.1. The van der Waals surface area contributed by atoms with E-state index in [4.69, 9.17) is 19.6 Å². The van der Waals surface area contributed by atoms with Crippen LogP contribution in [0.25, 0.3) is 11.4 Å². The topological polar surface area (TPSA) is 141 Å². The molecule has 0 aliphatic rings. The fourth-order valence-corrected chi connectivity index (χ4v) is 3.25. The summed E-state index contributed by atoms with van der Waals surface area (Å²) in [6.07, 6.45) is 1.98. The Kier molecular flexibility index (Phi) is 4.92. The summed E-state index contributed by atoms with van der Waals surface area (Å²) in [5, 5.41) is 0. The van der Waals surface area contributed by atoms with Gasteiger partial charge in [-0.15, -0.1) is 0 Å². The predicted octanol–water partition coefficient (Wildman–Crippen LogP) is 1.50. The van der Waals surface area contributed by atoms with Crippen LogP contribution in [-0.2, 0) is 21.5 Å². The highest BCUT2D eigenvalue weighted by atomic mass is 31.2. The van der Waals surface area contributed by atoms with Gasteiger partial charge in [-0.05, 0) is 35.4 Å². The van der Waals surface area contributed by atoms with Gasteiger partial charge in [-0.3, -0.25) is 19.1 Å². The smallest absolute Gasteiger partial charge is 0.324 e. The molecule has 0 aliphatic carbocycles. The Morgan fingerprint density at radius 2 is 1.14 bits per heavy atom. The molecule has 2 heterocycles. The standard InChI is InChI=1S/C12H14N2O6P2/c15-21(16,17)7-9-1-3-13-11(5-9)12-6-10(2-4-14-12)8-22(18,19)20/h1-6H,7-8H2,(H2,15,16,17)(H2,18,19,20). The van der Waals surface area contributed by atoms with Gasteiger partial charge in [-0.25, -0.2) is 0 Å². The maximum atomic E-state index is 11.0. The molecule has 0 unspecified atom stereocenters. The summed E-state index contributed by atoms with van der Waals surface area (Å²) >= 11 is 0. The molecule has 22 heavy (non-hydrogen) atoms. The number of hydrogen-bond donors (Lipinski definition) is 4. The Hall–Kier alpha value is -1.40. The highest BCUT2D eigenvalue weighted by molar-refractivity contribution is 7.51. The maximum Gasteiger partial charge on any atom is 0.329 e. The van der Waals surface area contributed by atoms with Gasteiger partial charge in [0.25, 0.3) is 0 Å². The van der Waals surface area contributed by atoms with Gasteiger partial charge in [-0.1, -0.05) is 0 Å². The Morgan fingerprint density at radius 3 is 1.45 bits per heavy atom. The van der Waals surface area contributed by atoms with E-state index in [2.05, 4.69) is 9.97 Å². The van der Waals surface area contributed by atoms with E-state index in [1.165, 1.54) is 36.7 Å². The molecule has 0 amide bonds. The van der Waals surface area contributed by atoms with Crippen LogP contribution in [0.4, 0.5) is 0 Å². The van der Waals surface area contributed by atoms with Crippen molar-refractivity contribution in [3.05, 3.63) is 47.8 Å². The summed E-state index contributed by atoms with van der Waals surface area (Å²) in [6, 6.07) is 5.95. The molecule has 0 fully saturated rings. The Morgan fingerprint density at radius 1 is 0.773 bits per heavy atom. The minimum absolute atomic E-state index is 0.374. The van der Waals surface area contributed by atoms with Crippen molar-refractivity contribution in [3.63, 3.8) is 0 Å². The van der Waals surface area contributed by atoms with Crippen molar-refractivity contribution < 1.29 is 28.7 Å². The van der Waals surface area contributed by atoms with Gasteiger partial charge in [0.2, 0.25) is 0 Å². The van der Waals surface area contributed by atoms with Crippen LogP contribution in [0.15, 0.2) is 36.7 Å². The number of hydrogen-bond acceptors (Lipinski definition) is 4. The van der Waals surface area contributed by atoms with Gasteiger partial charge in [-0.2, -0.15) is 0 Å². The van der Waals surface area contributed by atoms with E-state index in [0.29, 0.717) is 22.5 Å². The highest BCUT2D eigenvalue weighted by Crippen LogP contribution is 2.40.